The molecule has 8 nitrogen and oxygen atoms in total. The summed E-state index contributed by atoms with van der Waals surface area (Å²) in [6.45, 7) is 4.58. The van der Waals surface area contributed by atoms with Gasteiger partial charge >= 0.3 is 0 Å². The van der Waals surface area contributed by atoms with Gasteiger partial charge in [0, 0.05) is 6.42 Å². The van der Waals surface area contributed by atoms with Crippen LogP contribution >= 0.6 is 7.82 Å². The predicted molar refractivity (Wildman–Crippen MR) is 238 cm³/mol. The summed E-state index contributed by atoms with van der Waals surface area (Å²) in [5.41, 5.74) is 0. The predicted octanol–water partition coefficient (Wildman–Crippen LogP) is 12.5. The zero-order chi connectivity index (χ0) is 41.4. The van der Waals surface area contributed by atoms with Crippen LogP contribution in [-0.2, 0) is 18.4 Å². The van der Waals surface area contributed by atoms with Gasteiger partial charge in [0.2, 0.25) is 5.91 Å². The monoisotopic (exact) mass is 811 g/mol. The fourth-order valence-electron chi connectivity index (χ4n) is 6.60. The number of allylic oxidation sites excluding steroid dienone is 5. The van der Waals surface area contributed by atoms with Crippen LogP contribution in [0.3, 0.4) is 0 Å². The molecule has 0 aromatic rings. The van der Waals surface area contributed by atoms with Crippen LogP contribution in [-0.4, -0.2) is 68.5 Å². The number of aliphatic hydroxyl groups is 1. The fraction of sp³-hybridized carbons (Fsp3) is 0.851. The van der Waals surface area contributed by atoms with E-state index < -0.39 is 26.6 Å². The summed E-state index contributed by atoms with van der Waals surface area (Å²) < 4.78 is 23.1. The van der Waals surface area contributed by atoms with Crippen LogP contribution in [0.25, 0.3) is 0 Å². The Morgan fingerprint density at radius 1 is 0.607 bits per heavy atom. The number of quaternary nitrogens is 1. The fourth-order valence-corrected chi connectivity index (χ4v) is 7.32. The maximum atomic E-state index is 12.7. The van der Waals surface area contributed by atoms with E-state index in [1.807, 2.05) is 27.2 Å². The van der Waals surface area contributed by atoms with Gasteiger partial charge in [0.25, 0.3) is 7.82 Å². The van der Waals surface area contributed by atoms with Crippen LogP contribution in [0.15, 0.2) is 36.5 Å². The van der Waals surface area contributed by atoms with E-state index in [1.165, 1.54) is 141 Å². The molecule has 0 saturated carbocycles. The summed E-state index contributed by atoms with van der Waals surface area (Å²) in [7, 11) is 1.24. The second-order valence-corrected chi connectivity index (χ2v) is 18.5. The van der Waals surface area contributed by atoms with Crippen LogP contribution in [0.4, 0.5) is 0 Å². The number of nitrogens with zero attached hydrogens (tertiary/aromatic N) is 1. The van der Waals surface area contributed by atoms with Crippen molar-refractivity contribution in [3.63, 3.8) is 0 Å². The van der Waals surface area contributed by atoms with Gasteiger partial charge < -0.3 is 28.8 Å². The SMILES string of the molecule is CCCCCCCCCCCCCCCCCC/C=C/CC/C=C/CC/C=C/C(O)C(COP(=O)([O-])OCC[N+](C)(C)C)NC(=O)CCCCCCCCCC. The van der Waals surface area contributed by atoms with Crippen molar-refractivity contribution in [2.24, 2.45) is 0 Å². The van der Waals surface area contributed by atoms with Crippen molar-refractivity contribution in [2.75, 3.05) is 40.9 Å². The minimum atomic E-state index is -4.59. The number of hydrogen-bond donors (Lipinski definition) is 2. The molecular formula is C47H91N2O6P. The quantitative estimate of drug-likeness (QED) is 0.0275. The normalized spacial score (nSPS) is 14.6. The standard InChI is InChI=1S/C47H91N2O6P/c1-6-8-10-12-14-16-17-18-19-20-21-22-23-24-25-26-27-28-29-30-31-32-33-34-36-38-40-46(50)45(44-55-56(52,53)54-43-42-49(3,4)5)48-47(51)41-39-37-35-15-13-11-9-7-2/h28-29,32-33,38,40,45-46,50H,6-27,30-31,34-37,39,41-44H2,1-5H3,(H-,48,51,52,53)/b29-28+,33-32+,40-38+. The Bertz CT molecular complexity index is 1010. The first-order valence-corrected chi connectivity index (χ1v) is 24.8. The summed E-state index contributed by atoms with van der Waals surface area (Å²) in [6, 6.07) is -0.904. The Morgan fingerprint density at radius 2 is 1.00 bits per heavy atom. The number of phosphoric ester groups is 1. The highest BCUT2D eigenvalue weighted by Gasteiger charge is 2.23. The Balaban J connectivity index is 4.26. The molecule has 3 unspecified atom stereocenters. The molecule has 0 heterocycles. The zero-order valence-electron chi connectivity index (χ0n) is 37.3. The molecular weight excluding hydrogens is 719 g/mol. The van der Waals surface area contributed by atoms with Crippen molar-refractivity contribution in [3.8, 4) is 0 Å². The van der Waals surface area contributed by atoms with E-state index in [1.54, 1.807) is 6.08 Å². The van der Waals surface area contributed by atoms with E-state index in [4.69, 9.17) is 9.05 Å². The topological polar surface area (TPSA) is 108 Å². The first-order valence-electron chi connectivity index (χ1n) is 23.4. The second-order valence-electron chi connectivity index (χ2n) is 17.1. The summed E-state index contributed by atoms with van der Waals surface area (Å²) >= 11 is 0. The Labute approximate surface area is 347 Å². The molecule has 0 fully saturated rings. The van der Waals surface area contributed by atoms with Crippen molar-refractivity contribution in [3.05, 3.63) is 36.5 Å². The van der Waals surface area contributed by atoms with Gasteiger partial charge in [0.05, 0.1) is 39.9 Å². The lowest BCUT2D eigenvalue weighted by Crippen LogP contribution is -2.45. The molecule has 1 amide bonds. The molecule has 9 heteroatoms. The number of aliphatic hydroxyl groups excluding tert-OH is 1. The highest BCUT2D eigenvalue weighted by atomic mass is 31.2. The van der Waals surface area contributed by atoms with Gasteiger partial charge in [0.15, 0.2) is 0 Å². The molecule has 0 spiro atoms. The number of unbranched alkanes of at least 4 members (excludes halogenated alkanes) is 25. The highest BCUT2D eigenvalue weighted by molar-refractivity contribution is 7.45. The summed E-state index contributed by atoms with van der Waals surface area (Å²) in [5, 5.41) is 13.7. The minimum Gasteiger partial charge on any atom is -0.756 e. The van der Waals surface area contributed by atoms with E-state index >= 15 is 0 Å². The maximum absolute atomic E-state index is 12.7. The smallest absolute Gasteiger partial charge is 0.268 e. The Morgan fingerprint density at radius 3 is 1.45 bits per heavy atom. The van der Waals surface area contributed by atoms with Crippen LogP contribution in [0.2, 0.25) is 0 Å². The lowest BCUT2D eigenvalue weighted by atomic mass is 10.0. The molecule has 0 aromatic heterocycles. The molecule has 0 saturated heterocycles. The second kappa shape index (κ2) is 39.2. The van der Waals surface area contributed by atoms with E-state index in [0.717, 1.165) is 44.9 Å². The highest BCUT2D eigenvalue weighted by Crippen LogP contribution is 2.38. The number of hydrogen-bond acceptors (Lipinski definition) is 6. The van der Waals surface area contributed by atoms with E-state index in [9.17, 15) is 19.4 Å². The maximum Gasteiger partial charge on any atom is 0.268 e. The molecule has 0 aromatic carbocycles. The zero-order valence-corrected chi connectivity index (χ0v) is 38.2. The number of amides is 1. The van der Waals surface area contributed by atoms with Gasteiger partial charge in [0.1, 0.15) is 13.2 Å². The number of rotatable bonds is 42. The van der Waals surface area contributed by atoms with Crippen LogP contribution in [0.5, 0.6) is 0 Å². The van der Waals surface area contributed by atoms with Crippen molar-refractivity contribution < 1.29 is 32.9 Å². The lowest BCUT2D eigenvalue weighted by molar-refractivity contribution is -0.870. The van der Waals surface area contributed by atoms with Crippen molar-refractivity contribution >= 4 is 13.7 Å². The van der Waals surface area contributed by atoms with Gasteiger partial charge in [-0.25, -0.2) is 0 Å². The van der Waals surface area contributed by atoms with Gasteiger partial charge in [-0.1, -0.05) is 192 Å². The summed E-state index contributed by atoms with van der Waals surface area (Å²) in [4.78, 5) is 25.1. The van der Waals surface area contributed by atoms with E-state index in [0.29, 0.717) is 17.4 Å². The average Bonchev–Trinajstić information content (AvgIpc) is 3.15. The molecule has 0 aliphatic carbocycles. The third-order valence-corrected chi connectivity index (χ3v) is 11.3. The summed E-state index contributed by atoms with van der Waals surface area (Å²) in [6.07, 6.45) is 48.0. The number of carbonyl (C=O) groups excluding carboxylic acids is 1. The molecule has 0 aliphatic heterocycles. The molecule has 56 heavy (non-hydrogen) atoms. The molecule has 0 rings (SSSR count). The minimum absolute atomic E-state index is 0.00834. The number of nitrogens with one attached hydrogen (secondary N) is 1. The van der Waals surface area contributed by atoms with Crippen molar-refractivity contribution in [2.45, 2.75) is 219 Å². The number of phosphoric acid groups is 1. The van der Waals surface area contributed by atoms with E-state index in [2.05, 4.69) is 43.5 Å². The van der Waals surface area contributed by atoms with Gasteiger partial charge in [-0.2, -0.15) is 0 Å². The molecule has 2 N–H and O–H groups in total. The largest absolute Gasteiger partial charge is 0.756 e. The first kappa shape index (κ1) is 54.7. The lowest BCUT2D eigenvalue weighted by Gasteiger charge is -2.29. The van der Waals surface area contributed by atoms with Gasteiger partial charge in [-0.3, -0.25) is 9.36 Å². The van der Waals surface area contributed by atoms with Crippen molar-refractivity contribution in [1.82, 2.24) is 5.32 Å². The molecule has 3 atom stereocenters. The van der Waals surface area contributed by atoms with Crippen LogP contribution in [0.1, 0.15) is 206 Å². The van der Waals surface area contributed by atoms with E-state index in [-0.39, 0.29) is 12.5 Å². The molecule has 0 bridgehead atoms. The molecule has 0 radical (unpaired) electrons. The first-order chi connectivity index (χ1) is 27.0. The third kappa shape index (κ3) is 40.9. The van der Waals surface area contributed by atoms with Gasteiger partial charge in [-0.15, -0.1) is 0 Å². The van der Waals surface area contributed by atoms with Crippen LogP contribution in [0, 0.1) is 0 Å². The summed E-state index contributed by atoms with van der Waals surface area (Å²) in [5.74, 6) is -0.217. The Kier molecular flexibility index (Phi) is 38.3. The molecule has 330 valence electrons. The Hall–Kier alpha value is -1.28. The third-order valence-electron chi connectivity index (χ3n) is 10.3. The number of carbonyl (C=O) groups is 1. The van der Waals surface area contributed by atoms with Crippen LogP contribution < -0.4 is 10.2 Å². The average molecular weight is 811 g/mol. The van der Waals surface area contributed by atoms with Crippen molar-refractivity contribution in [1.29, 1.82) is 0 Å². The molecule has 0 aliphatic rings. The number of likely N-dealkylation sites (N-methyl/N-ethyl adjacent to an activating group) is 1. The van der Waals surface area contributed by atoms with Gasteiger partial charge in [-0.05, 0) is 44.9 Å².